The molecule has 1 heterocycles. The van der Waals surface area contributed by atoms with Crippen LogP contribution < -0.4 is 5.32 Å². The highest BCUT2D eigenvalue weighted by molar-refractivity contribution is 6.18. The summed E-state index contributed by atoms with van der Waals surface area (Å²) in [5.41, 5.74) is -1.06. The molecule has 5 nitrogen and oxygen atoms in total. The van der Waals surface area contributed by atoms with Crippen molar-refractivity contribution >= 4 is 17.8 Å². The van der Waals surface area contributed by atoms with E-state index < -0.39 is 17.4 Å². The molecule has 0 aromatic rings. The van der Waals surface area contributed by atoms with Gasteiger partial charge in [-0.1, -0.05) is 12.8 Å². The lowest BCUT2D eigenvalue weighted by Crippen LogP contribution is -2.63. The van der Waals surface area contributed by atoms with Gasteiger partial charge < -0.3 is 0 Å². The molecular formula is C11H16N2O3. The Balaban J connectivity index is 2.33. The minimum Gasteiger partial charge on any atom is -0.277 e. The molecule has 1 saturated carbocycles. The second-order valence-corrected chi connectivity index (χ2v) is 4.81. The van der Waals surface area contributed by atoms with Gasteiger partial charge in [0.05, 0.1) is 0 Å². The standard InChI is InChI=1S/C11H16N2O3/c1-11(7-5-3-4-6-7)8(14)12-10(16)13(2)9(11)15/h7H,3-6H2,1-2H3,(H,12,14,16). The molecule has 4 amide bonds. The molecule has 0 spiro atoms. The van der Waals surface area contributed by atoms with Crippen molar-refractivity contribution < 1.29 is 14.4 Å². The second-order valence-electron chi connectivity index (χ2n) is 4.81. The summed E-state index contributed by atoms with van der Waals surface area (Å²) in [4.78, 5) is 36.3. The van der Waals surface area contributed by atoms with Gasteiger partial charge >= 0.3 is 6.03 Å². The maximum atomic E-state index is 12.1. The van der Waals surface area contributed by atoms with Crippen molar-refractivity contribution in [1.29, 1.82) is 0 Å². The van der Waals surface area contributed by atoms with E-state index in [4.69, 9.17) is 0 Å². The smallest absolute Gasteiger partial charge is 0.277 e. The average Bonchev–Trinajstić information content (AvgIpc) is 2.77. The van der Waals surface area contributed by atoms with Crippen molar-refractivity contribution in [3.05, 3.63) is 0 Å². The van der Waals surface area contributed by atoms with E-state index in [-0.39, 0.29) is 11.8 Å². The SMILES string of the molecule is CN1C(=O)NC(=O)C(C)(C2CCCC2)C1=O. The van der Waals surface area contributed by atoms with Crippen LogP contribution in [0.25, 0.3) is 0 Å². The Labute approximate surface area is 94.2 Å². The number of carbonyl (C=O) groups is 3. The quantitative estimate of drug-likeness (QED) is 0.673. The zero-order valence-electron chi connectivity index (χ0n) is 9.58. The Morgan fingerprint density at radius 3 is 2.38 bits per heavy atom. The Hall–Kier alpha value is -1.39. The summed E-state index contributed by atoms with van der Waals surface area (Å²) in [5.74, 6) is -0.740. The second kappa shape index (κ2) is 3.57. The van der Waals surface area contributed by atoms with E-state index in [9.17, 15) is 14.4 Å². The van der Waals surface area contributed by atoms with Crippen molar-refractivity contribution in [3.8, 4) is 0 Å². The molecule has 0 radical (unpaired) electrons. The van der Waals surface area contributed by atoms with Crippen molar-refractivity contribution in [2.75, 3.05) is 7.05 Å². The van der Waals surface area contributed by atoms with Crippen LogP contribution in [0.2, 0.25) is 0 Å². The monoisotopic (exact) mass is 224 g/mol. The van der Waals surface area contributed by atoms with E-state index >= 15 is 0 Å². The Morgan fingerprint density at radius 2 is 1.81 bits per heavy atom. The first kappa shape index (κ1) is 11.1. The van der Waals surface area contributed by atoms with E-state index in [0.29, 0.717) is 0 Å². The van der Waals surface area contributed by atoms with Gasteiger partial charge in [0.2, 0.25) is 11.8 Å². The van der Waals surface area contributed by atoms with E-state index in [2.05, 4.69) is 5.32 Å². The molecule has 5 heteroatoms. The van der Waals surface area contributed by atoms with Crippen LogP contribution >= 0.6 is 0 Å². The zero-order chi connectivity index (χ0) is 11.9. The van der Waals surface area contributed by atoms with Crippen LogP contribution in [0.15, 0.2) is 0 Å². The molecule has 1 aliphatic carbocycles. The van der Waals surface area contributed by atoms with Gasteiger partial charge in [0.25, 0.3) is 0 Å². The number of carbonyl (C=O) groups excluding carboxylic acids is 3. The lowest BCUT2D eigenvalue weighted by atomic mass is 9.73. The maximum Gasteiger partial charge on any atom is 0.330 e. The number of barbiturate groups is 1. The Kier molecular flexibility index (Phi) is 2.48. The first-order valence-corrected chi connectivity index (χ1v) is 5.61. The summed E-state index contributed by atoms with van der Waals surface area (Å²) in [6.45, 7) is 1.66. The molecule has 1 N–H and O–H groups in total. The summed E-state index contributed by atoms with van der Waals surface area (Å²) in [6, 6.07) is -0.620. The third-order valence-electron chi connectivity index (χ3n) is 3.92. The summed E-state index contributed by atoms with van der Waals surface area (Å²) in [5, 5.41) is 2.25. The van der Waals surface area contributed by atoms with Crippen molar-refractivity contribution in [1.82, 2.24) is 10.2 Å². The molecule has 1 atom stereocenters. The molecule has 88 valence electrons. The highest BCUT2D eigenvalue weighted by Crippen LogP contribution is 2.42. The number of amides is 4. The van der Waals surface area contributed by atoms with E-state index in [1.165, 1.54) is 7.05 Å². The topological polar surface area (TPSA) is 66.5 Å². The first-order chi connectivity index (χ1) is 7.48. The zero-order valence-corrected chi connectivity index (χ0v) is 9.58. The van der Waals surface area contributed by atoms with Crippen LogP contribution in [-0.4, -0.2) is 29.8 Å². The number of urea groups is 1. The molecule has 16 heavy (non-hydrogen) atoms. The van der Waals surface area contributed by atoms with E-state index in [1.807, 2.05) is 0 Å². The molecule has 0 aromatic heterocycles. The highest BCUT2D eigenvalue weighted by atomic mass is 16.2. The van der Waals surface area contributed by atoms with Crippen LogP contribution in [0, 0.1) is 11.3 Å². The minimum absolute atomic E-state index is 0.0653. The average molecular weight is 224 g/mol. The molecular weight excluding hydrogens is 208 g/mol. The lowest BCUT2D eigenvalue weighted by Gasteiger charge is -2.38. The van der Waals surface area contributed by atoms with Crippen molar-refractivity contribution in [2.45, 2.75) is 32.6 Å². The van der Waals surface area contributed by atoms with Crippen LogP contribution in [-0.2, 0) is 9.59 Å². The van der Waals surface area contributed by atoms with E-state index in [0.717, 1.165) is 30.6 Å². The van der Waals surface area contributed by atoms with Gasteiger partial charge in [-0.15, -0.1) is 0 Å². The molecule has 1 saturated heterocycles. The van der Waals surface area contributed by atoms with Crippen LogP contribution in [0.3, 0.4) is 0 Å². The predicted molar refractivity (Wildman–Crippen MR) is 56.4 cm³/mol. The maximum absolute atomic E-state index is 12.1. The number of hydrogen-bond acceptors (Lipinski definition) is 3. The molecule has 2 fully saturated rings. The van der Waals surface area contributed by atoms with Crippen LogP contribution in [0.5, 0.6) is 0 Å². The molecule has 1 aliphatic heterocycles. The fourth-order valence-electron chi connectivity index (χ4n) is 2.71. The van der Waals surface area contributed by atoms with Gasteiger partial charge in [-0.2, -0.15) is 0 Å². The van der Waals surface area contributed by atoms with Crippen molar-refractivity contribution in [2.24, 2.45) is 11.3 Å². The number of imide groups is 2. The molecule has 2 aliphatic rings. The molecule has 2 rings (SSSR count). The lowest BCUT2D eigenvalue weighted by molar-refractivity contribution is -0.153. The third-order valence-corrected chi connectivity index (χ3v) is 3.92. The van der Waals surface area contributed by atoms with Gasteiger partial charge in [-0.3, -0.25) is 19.8 Å². The summed E-state index contributed by atoms with van der Waals surface area (Å²) in [6.07, 6.45) is 3.88. The van der Waals surface area contributed by atoms with Crippen LogP contribution in [0.1, 0.15) is 32.6 Å². The molecule has 0 aromatic carbocycles. The summed E-state index contributed by atoms with van der Waals surface area (Å²) >= 11 is 0. The number of rotatable bonds is 1. The van der Waals surface area contributed by atoms with Gasteiger partial charge in [0.1, 0.15) is 5.41 Å². The third kappa shape index (κ3) is 1.34. The minimum atomic E-state index is -1.06. The van der Waals surface area contributed by atoms with Gasteiger partial charge in [-0.05, 0) is 25.7 Å². The molecule has 0 bridgehead atoms. The van der Waals surface area contributed by atoms with E-state index in [1.54, 1.807) is 6.92 Å². The fourth-order valence-corrected chi connectivity index (χ4v) is 2.71. The number of nitrogens with zero attached hydrogens (tertiary/aromatic N) is 1. The Morgan fingerprint density at radius 1 is 1.25 bits per heavy atom. The van der Waals surface area contributed by atoms with Gasteiger partial charge in [0.15, 0.2) is 0 Å². The summed E-state index contributed by atoms with van der Waals surface area (Å²) in [7, 11) is 1.41. The summed E-state index contributed by atoms with van der Waals surface area (Å²) < 4.78 is 0. The first-order valence-electron chi connectivity index (χ1n) is 5.61. The fraction of sp³-hybridized carbons (Fsp3) is 0.727. The molecule has 1 unspecified atom stereocenters. The largest absolute Gasteiger partial charge is 0.330 e. The number of hydrogen-bond donors (Lipinski definition) is 1. The normalized spacial score (nSPS) is 32.1. The van der Waals surface area contributed by atoms with Gasteiger partial charge in [-0.25, -0.2) is 4.79 Å². The number of nitrogens with one attached hydrogen (secondary N) is 1. The Bertz CT molecular complexity index is 360. The predicted octanol–water partition coefficient (Wildman–Crippen LogP) is 0.891. The van der Waals surface area contributed by atoms with Crippen LogP contribution in [0.4, 0.5) is 4.79 Å². The van der Waals surface area contributed by atoms with Crippen molar-refractivity contribution in [3.63, 3.8) is 0 Å². The van der Waals surface area contributed by atoms with Gasteiger partial charge in [0, 0.05) is 7.05 Å². The highest BCUT2D eigenvalue weighted by Gasteiger charge is 2.54.